The topological polar surface area (TPSA) is 182 Å². The summed E-state index contributed by atoms with van der Waals surface area (Å²) in [5.41, 5.74) is -2.36. The summed E-state index contributed by atoms with van der Waals surface area (Å²) in [7, 11) is -2.38. The van der Waals surface area contributed by atoms with Gasteiger partial charge in [0.05, 0.1) is 25.1 Å². The van der Waals surface area contributed by atoms with Crippen molar-refractivity contribution >= 4 is 56.2 Å². The molecule has 294 valence electrons. The molecule has 3 heterocycles. The van der Waals surface area contributed by atoms with Crippen LogP contribution in [-0.2, 0) is 29.1 Å². The standard InChI is InChI=1S/C38H50ClN5O9S/c1-21-9-7-8-10-23-18-38(23,35(47)43-54(49,50)26-12-13-26)42-32(45)29-17-25(52-33-28-16-24(39)11-14-27(28)30(51-6)19-40-33)20-44(29)34(46)31(22(2)15-21)41-36(48)53-37(3,4)5/h8,10-11,14,16,19,21-23,25-26,29,31H,7,9,12-13,15,17-18,20H2,1-6H3,(H,41,48)(H,42,45)(H,43,47). The summed E-state index contributed by atoms with van der Waals surface area (Å²) in [5.74, 6) is -1.91. The number of hydrogen-bond donors (Lipinski definition) is 3. The lowest BCUT2D eigenvalue weighted by Gasteiger charge is -2.33. The van der Waals surface area contributed by atoms with Crippen molar-refractivity contribution in [2.45, 2.75) is 114 Å². The Labute approximate surface area is 321 Å². The average Bonchev–Trinajstić information content (AvgIpc) is 4.01. The number of alkyl carbamates (subject to hydrolysis) is 1. The number of amides is 4. The van der Waals surface area contributed by atoms with Crippen molar-refractivity contribution in [3.8, 4) is 11.6 Å². The number of ether oxygens (including phenoxy) is 3. The van der Waals surface area contributed by atoms with Crippen molar-refractivity contribution in [1.29, 1.82) is 0 Å². The molecule has 1 aromatic heterocycles. The van der Waals surface area contributed by atoms with Gasteiger partial charge in [0.1, 0.15) is 35.1 Å². The molecule has 7 atom stereocenters. The van der Waals surface area contributed by atoms with E-state index in [1.165, 1.54) is 18.2 Å². The van der Waals surface area contributed by atoms with Gasteiger partial charge in [-0.2, -0.15) is 0 Å². The van der Waals surface area contributed by atoms with Crippen LogP contribution in [0.4, 0.5) is 4.79 Å². The number of aromatic nitrogens is 1. The van der Waals surface area contributed by atoms with Gasteiger partial charge in [0.25, 0.3) is 5.91 Å². The quantitative estimate of drug-likeness (QED) is 0.335. The molecule has 4 aliphatic rings. The fourth-order valence-corrected chi connectivity index (χ4v) is 9.05. The number of methoxy groups -OCH3 is 1. The van der Waals surface area contributed by atoms with E-state index in [0.717, 1.165) is 6.42 Å². The summed E-state index contributed by atoms with van der Waals surface area (Å²) < 4.78 is 45.4. The van der Waals surface area contributed by atoms with Crippen LogP contribution in [0.1, 0.15) is 79.6 Å². The Morgan fingerprint density at radius 3 is 2.52 bits per heavy atom. The van der Waals surface area contributed by atoms with Crippen LogP contribution in [0.15, 0.2) is 36.5 Å². The zero-order valence-corrected chi connectivity index (χ0v) is 33.1. The first-order chi connectivity index (χ1) is 25.4. The molecule has 16 heteroatoms. The molecular weight excluding hydrogens is 738 g/mol. The van der Waals surface area contributed by atoms with Gasteiger partial charge in [-0.25, -0.2) is 18.2 Å². The highest BCUT2D eigenvalue weighted by molar-refractivity contribution is 7.91. The summed E-state index contributed by atoms with van der Waals surface area (Å²) in [6, 6.07) is 2.97. The first-order valence-electron chi connectivity index (χ1n) is 18.5. The van der Waals surface area contributed by atoms with Crippen molar-refractivity contribution in [1.82, 2.24) is 25.2 Å². The molecule has 4 amide bonds. The van der Waals surface area contributed by atoms with Crippen molar-refractivity contribution in [2.24, 2.45) is 17.8 Å². The number of allylic oxidation sites excluding steroid dienone is 1. The first-order valence-corrected chi connectivity index (χ1v) is 20.5. The van der Waals surface area contributed by atoms with Gasteiger partial charge in [-0.15, -0.1) is 0 Å². The smallest absolute Gasteiger partial charge is 0.408 e. The molecule has 6 rings (SSSR count). The van der Waals surface area contributed by atoms with E-state index in [2.05, 4.69) is 27.3 Å². The van der Waals surface area contributed by atoms with Gasteiger partial charge in [-0.3, -0.25) is 19.1 Å². The van der Waals surface area contributed by atoms with Crippen LogP contribution in [0, 0.1) is 17.8 Å². The van der Waals surface area contributed by atoms with E-state index >= 15 is 0 Å². The number of rotatable bonds is 7. The molecule has 0 radical (unpaired) electrons. The molecule has 1 aromatic carbocycles. The Balaban J connectivity index is 1.36. The van der Waals surface area contributed by atoms with E-state index in [0.29, 0.717) is 47.2 Å². The highest BCUT2D eigenvalue weighted by atomic mass is 35.5. The van der Waals surface area contributed by atoms with Gasteiger partial charge < -0.3 is 29.7 Å². The molecule has 7 unspecified atom stereocenters. The van der Waals surface area contributed by atoms with Crippen molar-refractivity contribution in [2.75, 3.05) is 13.7 Å². The average molecular weight is 788 g/mol. The fourth-order valence-electron chi connectivity index (χ4n) is 7.51. The Hall–Kier alpha value is -4.11. The molecule has 2 aliphatic carbocycles. The molecule has 54 heavy (non-hydrogen) atoms. The van der Waals surface area contributed by atoms with Gasteiger partial charge in [0, 0.05) is 28.1 Å². The number of nitrogens with zero attached hydrogens (tertiary/aromatic N) is 2. The van der Waals surface area contributed by atoms with E-state index in [4.69, 9.17) is 25.8 Å². The highest BCUT2D eigenvalue weighted by Crippen LogP contribution is 2.46. The molecule has 3 fully saturated rings. The van der Waals surface area contributed by atoms with Gasteiger partial charge >= 0.3 is 6.09 Å². The minimum Gasteiger partial charge on any atom is -0.494 e. The van der Waals surface area contributed by atoms with Crippen molar-refractivity contribution < 1.29 is 41.8 Å². The third-order valence-electron chi connectivity index (χ3n) is 10.6. The SMILES string of the molecule is COc1cnc(OC2CC3C(=O)NC4(C(=O)NS(=O)(=O)C5CC5)CC4C=CCCC(C)CC(C)C(NC(=O)OC(C)(C)C)C(=O)N3C2)c2cc(Cl)ccc12. The van der Waals surface area contributed by atoms with Crippen LogP contribution >= 0.6 is 11.6 Å². The second-order valence-corrected chi connectivity index (χ2v) is 18.6. The number of carbonyl (C=O) groups excluding carboxylic acids is 4. The van der Waals surface area contributed by atoms with E-state index in [-0.39, 0.29) is 37.1 Å². The largest absolute Gasteiger partial charge is 0.494 e. The van der Waals surface area contributed by atoms with Gasteiger partial charge in [0.2, 0.25) is 27.7 Å². The Bertz CT molecular complexity index is 1950. The van der Waals surface area contributed by atoms with E-state index < -0.39 is 74.3 Å². The molecular formula is C38H50ClN5O9S. The van der Waals surface area contributed by atoms with Crippen LogP contribution in [0.2, 0.25) is 5.02 Å². The molecule has 2 aliphatic heterocycles. The van der Waals surface area contributed by atoms with Crippen LogP contribution < -0.4 is 24.8 Å². The summed E-state index contributed by atoms with van der Waals surface area (Å²) >= 11 is 6.36. The number of fused-ring (bicyclic) bond motifs is 3. The molecule has 3 N–H and O–H groups in total. The van der Waals surface area contributed by atoms with Crippen molar-refractivity contribution in [3.05, 3.63) is 41.6 Å². The number of benzene rings is 1. The maximum Gasteiger partial charge on any atom is 0.408 e. The van der Waals surface area contributed by atoms with Gasteiger partial charge in [-0.05, 0) is 89.3 Å². The Morgan fingerprint density at radius 2 is 1.83 bits per heavy atom. The monoisotopic (exact) mass is 787 g/mol. The van der Waals surface area contributed by atoms with E-state index in [1.807, 2.05) is 19.1 Å². The third kappa shape index (κ3) is 8.72. The second kappa shape index (κ2) is 15.2. The first kappa shape index (κ1) is 39.6. The lowest BCUT2D eigenvalue weighted by molar-refractivity contribution is -0.142. The molecule has 2 saturated carbocycles. The number of hydrogen-bond acceptors (Lipinski definition) is 10. The number of halogens is 1. The second-order valence-electron chi connectivity index (χ2n) is 16.2. The predicted octanol–water partition coefficient (Wildman–Crippen LogP) is 4.63. The number of carbonyl (C=O) groups is 4. The predicted molar refractivity (Wildman–Crippen MR) is 201 cm³/mol. The van der Waals surface area contributed by atoms with E-state index in [1.54, 1.807) is 39.0 Å². The van der Waals surface area contributed by atoms with Crippen LogP contribution in [0.5, 0.6) is 11.6 Å². The number of sulfonamides is 1. The normalized spacial score (nSPS) is 29.2. The molecule has 2 aromatic rings. The lowest BCUT2D eigenvalue weighted by atomic mass is 9.88. The maximum atomic E-state index is 14.7. The van der Waals surface area contributed by atoms with Crippen LogP contribution in [-0.4, -0.2) is 90.3 Å². The molecule has 1 saturated heterocycles. The molecule has 0 bridgehead atoms. The van der Waals surface area contributed by atoms with Crippen molar-refractivity contribution in [3.63, 3.8) is 0 Å². The number of nitrogens with one attached hydrogen (secondary N) is 3. The van der Waals surface area contributed by atoms with E-state index in [9.17, 15) is 27.6 Å². The lowest BCUT2D eigenvalue weighted by Crippen LogP contribution is -2.59. The minimum atomic E-state index is -3.91. The zero-order chi connectivity index (χ0) is 39.2. The summed E-state index contributed by atoms with van der Waals surface area (Å²) in [6.45, 7) is 9.08. The van der Waals surface area contributed by atoms with Crippen LogP contribution in [0.25, 0.3) is 10.8 Å². The fraction of sp³-hybridized carbons (Fsp3) is 0.605. The Morgan fingerprint density at radius 1 is 1.09 bits per heavy atom. The summed E-state index contributed by atoms with van der Waals surface area (Å²) in [6.07, 6.45) is 6.95. The number of pyridine rings is 1. The molecule has 14 nitrogen and oxygen atoms in total. The Kier molecular flexibility index (Phi) is 11.1. The molecule has 0 spiro atoms. The van der Waals surface area contributed by atoms with Gasteiger partial charge in [0.15, 0.2) is 0 Å². The summed E-state index contributed by atoms with van der Waals surface area (Å²) in [5, 5.41) is 6.73. The maximum absolute atomic E-state index is 14.7. The highest BCUT2D eigenvalue weighted by Gasteiger charge is 2.62. The third-order valence-corrected chi connectivity index (χ3v) is 12.6. The van der Waals surface area contributed by atoms with Crippen LogP contribution in [0.3, 0.4) is 0 Å². The minimum absolute atomic E-state index is 0.00978. The summed E-state index contributed by atoms with van der Waals surface area (Å²) in [4.78, 5) is 62.0. The van der Waals surface area contributed by atoms with Gasteiger partial charge in [-0.1, -0.05) is 37.6 Å². The zero-order valence-electron chi connectivity index (χ0n) is 31.5.